The molecule has 0 unspecified atom stereocenters. The lowest BCUT2D eigenvalue weighted by Gasteiger charge is -2.31. The SMILES string of the molecule is CN(C)CCNc1nc(Cl)c2c(n1)N(c1c(F)cccc1F)C(=O)NC2.Cc1cc(C(=O)O)ccc1-c1nc(NCCN(C)C)nc2c1CNC(=O)N2c1c(F)cccc1F. The van der Waals surface area contributed by atoms with Crippen LogP contribution in [0.25, 0.3) is 11.3 Å². The van der Waals surface area contributed by atoms with Crippen LogP contribution in [0.15, 0.2) is 54.6 Å². The molecule has 7 rings (SSSR count). The quantitative estimate of drug-likeness (QED) is 0.0679. The Balaban J connectivity index is 0.000000213. The van der Waals surface area contributed by atoms with Crippen molar-refractivity contribution in [2.45, 2.75) is 20.0 Å². The van der Waals surface area contributed by atoms with Crippen molar-refractivity contribution in [2.24, 2.45) is 0 Å². The summed E-state index contributed by atoms with van der Waals surface area (Å²) in [6.45, 7) is 4.21. The van der Waals surface area contributed by atoms with E-state index in [0.29, 0.717) is 54.1 Å². The van der Waals surface area contributed by atoms with Gasteiger partial charge in [0.25, 0.3) is 0 Å². The Morgan fingerprint density at radius 2 is 1.20 bits per heavy atom. The van der Waals surface area contributed by atoms with Gasteiger partial charge >= 0.3 is 18.0 Å². The fourth-order valence-electron chi connectivity index (χ4n) is 6.33. The molecule has 2 aliphatic heterocycles. The number of para-hydroxylation sites is 2. The van der Waals surface area contributed by atoms with Gasteiger partial charge in [-0.05, 0) is 77.1 Å². The number of amides is 4. The molecule has 3 aromatic carbocycles. The molecule has 0 aliphatic carbocycles. The summed E-state index contributed by atoms with van der Waals surface area (Å²) in [5, 5.41) is 20.7. The number of aryl methyl sites for hydroxylation is 1. The highest BCUT2D eigenvalue weighted by Gasteiger charge is 2.35. The average molecular weight is 865 g/mol. The highest BCUT2D eigenvalue weighted by molar-refractivity contribution is 6.31. The van der Waals surface area contributed by atoms with Crippen LogP contribution in [-0.2, 0) is 13.1 Å². The smallest absolute Gasteiger partial charge is 0.335 e. The number of aromatic carboxylic acids is 1. The van der Waals surface area contributed by atoms with Gasteiger partial charge in [0, 0.05) is 37.3 Å². The third-order valence-electron chi connectivity index (χ3n) is 9.32. The highest BCUT2D eigenvalue weighted by atomic mass is 35.5. The molecule has 0 saturated heterocycles. The fraction of sp³-hybridized carbons (Fsp3) is 0.275. The summed E-state index contributed by atoms with van der Waals surface area (Å²) in [4.78, 5) is 59.7. The fourth-order valence-corrected chi connectivity index (χ4v) is 6.56. The minimum atomic E-state index is -1.07. The van der Waals surface area contributed by atoms with Crippen molar-refractivity contribution >= 4 is 64.5 Å². The number of nitrogens with zero attached hydrogens (tertiary/aromatic N) is 8. The first-order valence-corrected chi connectivity index (χ1v) is 19.1. The predicted octanol–water partition coefficient (Wildman–Crippen LogP) is 6.51. The first kappa shape index (κ1) is 43.9. The molecular formula is C40H41ClF4N12O4. The van der Waals surface area contributed by atoms with Crippen LogP contribution in [0.5, 0.6) is 0 Å². The predicted molar refractivity (Wildman–Crippen MR) is 222 cm³/mol. The molecule has 16 nitrogen and oxygen atoms in total. The zero-order valence-electron chi connectivity index (χ0n) is 33.6. The number of anilines is 6. The topological polar surface area (TPSA) is 184 Å². The first-order valence-electron chi connectivity index (χ1n) is 18.7. The van der Waals surface area contributed by atoms with Gasteiger partial charge in [-0.25, -0.2) is 51.7 Å². The number of rotatable bonds is 12. The lowest BCUT2D eigenvalue weighted by Crippen LogP contribution is -2.43. The van der Waals surface area contributed by atoms with E-state index in [1.54, 1.807) is 13.0 Å². The Kier molecular flexibility index (Phi) is 13.5. The maximum absolute atomic E-state index is 14.7. The summed E-state index contributed by atoms with van der Waals surface area (Å²) in [7, 11) is 7.63. The second kappa shape index (κ2) is 18.7. The highest BCUT2D eigenvalue weighted by Crippen LogP contribution is 2.40. The number of benzene rings is 3. The Morgan fingerprint density at radius 1 is 0.738 bits per heavy atom. The maximum Gasteiger partial charge on any atom is 0.335 e. The van der Waals surface area contributed by atoms with Crippen LogP contribution in [-0.4, -0.2) is 107 Å². The van der Waals surface area contributed by atoms with Gasteiger partial charge < -0.3 is 36.2 Å². The van der Waals surface area contributed by atoms with E-state index in [0.717, 1.165) is 34.1 Å². The van der Waals surface area contributed by atoms with Gasteiger partial charge in [0.1, 0.15) is 39.8 Å². The van der Waals surface area contributed by atoms with Crippen molar-refractivity contribution in [3.05, 3.63) is 105 Å². The lowest BCUT2D eigenvalue weighted by molar-refractivity contribution is 0.0696. The molecule has 0 saturated carbocycles. The number of hydrogen-bond acceptors (Lipinski definition) is 11. The van der Waals surface area contributed by atoms with Gasteiger partial charge in [-0.2, -0.15) is 9.97 Å². The number of carboxylic acid groups (broad SMARTS) is 1. The minimum Gasteiger partial charge on any atom is -0.478 e. The molecule has 0 spiro atoms. The molecule has 5 aromatic rings. The van der Waals surface area contributed by atoms with Crippen LogP contribution in [0.2, 0.25) is 5.15 Å². The van der Waals surface area contributed by atoms with Crippen LogP contribution in [0.1, 0.15) is 27.0 Å². The van der Waals surface area contributed by atoms with Gasteiger partial charge in [-0.1, -0.05) is 29.8 Å². The molecule has 320 valence electrons. The van der Waals surface area contributed by atoms with Crippen LogP contribution < -0.4 is 31.1 Å². The van der Waals surface area contributed by atoms with Gasteiger partial charge in [-0.15, -0.1) is 0 Å². The van der Waals surface area contributed by atoms with E-state index in [1.807, 2.05) is 38.0 Å². The molecule has 5 N–H and O–H groups in total. The number of carboxylic acids is 1. The van der Waals surface area contributed by atoms with Crippen molar-refractivity contribution in [1.29, 1.82) is 0 Å². The molecular weight excluding hydrogens is 824 g/mol. The monoisotopic (exact) mass is 864 g/mol. The van der Waals surface area contributed by atoms with Crippen LogP contribution in [0.4, 0.5) is 62.1 Å². The number of hydrogen-bond donors (Lipinski definition) is 5. The lowest BCUT2D eigenvalue weighted by atomic mass is 9.98. The largest absolute Gasteiger partial charge is 0.478 e. The second-order valence-electron chi connectivity index (χ2n) is 14.3. The van der Waals surface area contributed by atoms with Gasteiger partial charge in [-0.3, -0.25) is 0 Å². The molecule has 4 amide bonds. The van der Waals surface area contributed by atoms with Crippen LogP contribution in [0, 0.1) is 30.2 Å². The van der Waals surface area contributed by atoms with E-state index >= 15 is 0 Å². The average Bonchev–Trinajstić information content (AvgIpc) is 3.19. The number of carbonyl (C=O) groups is 3. The summed E-state index contributed by atoms with van der Waals surface area (Å²) in [5.41, 5.74) is 1.52. The number of nitrogens with one attached hydrogen (secondary N) is 4. The zero-order chi connectivity index (χ0) is 44.1. The molecule has 4 heterocycles. The summed E-state index contributed by atoms with van der Waals surface area (Å²) < 4.78 is 57.9. The summed E-state index contributed by atoms with van der Waals surface area (Å²) >= 11 is 6.20. The Bertz CT molecular complexity index is 2460. The van der Waals surface area contributed by atoms with Crippen molar-refractivity contribution < 1.29 is 37.1 Å². The van der Waals surface area contributed by atoms with E-state index in [-0.39, 0.29) is 47.3 Å². The van der Waals surface area contributed by atoms with Crippen molar-refractivity contribution in [3.8, 4) is 11.3 Å². The van der Waals surface area contributed by atoms with Crippen molar-refractivity contribution in [1.82, 2.24) is 40.4 Å². The summed E-state index contributed by atoms with van der Waals surface area (Å²) in [5.74, 6) is -4.25. The minimum absolute atomic E-state index is 0.0220. The van der Waals surface area contributed by atoms with E-state index in [9.17, 15) is 37.1 Å². The second-order valence-corrected chi connectivity index (χ2v) is 14.6. The third-order valence-corrected chi connectivity index (χ3v) is 9.63. The maximum atomic E-state index is 14.7. The first-order chi connectivity index (χ1) is 29.0. The van der Waals surface area contributed by atoms with E-state index < -0.39 is 52.7 Å². The number of aromatic nitrogens is 4. The van der Waals surface area contributed by atoms with Crippen LogP contribution in [0.3, 0.4) is 0 Å². The van der Waals surface area contributed by atoms with E-state index in [4.69, 9.17) is 11.6 Å². The number of halogens is 5. The Labute approximate surface area is 352 Å². The molecule has 0 bridgehead atoms. The standard InChI is InChI=1S/C24H24F2N6O3.C16H17ClF2N6O/c1-13-11-14(22(33)34)7-8-15(13)19-16-12-28-24(35)32(20-17(25)5-4-6-18(20)26)21(16)30-23(29-19)27-9-10-31(2)3;1-24(2)7-6-20-15-22-13(17)9-8-21-16(26)25(14(9)23-15)12-10(18)4-3-5-11(12)19/h4-8,11H,9-10,12H2,1-3H3,(H,28,35)(H,33,34)(H,27,29,30);3-5H,6-8H2,1-2H3,(H,21,26)(H,20,22,23). The third kappa shape index (κ3) is 9.72. The molecule has 0 radical (unpaired) electrons. The molecule has 0 fully saturated rings. The number of likely N-dealkylation sites (N-methyl/N-ethyl adjacent to an activating group) is 2. The summed E-state index contributed by atoms with van der Waals surface area (Å²) in [6, 6.07) is 9.85. The van der Waals surface area contributed by atoms with Crippen molar-refractivity contribution in [2.75, 3.05) is 74.8 Å². The van der Waals surface area contributed by atoms with E-state index in [2.05, 4.69) is 41.2 Å². The number of carbonyl (C=O) groups excluding carboxylic acids is 2. The zero-order valence-corrected chi connectivity index (χ0v) is 34.3. The molecule has 0 atom stereocenters. The van der Waals surface area contributed by atoms with Gasteiger partial charge in [0.05, 0.1) is 29.9 Å². The normalized spacial score (nSPS) is 13.2. The van der Waals surface area contributed by atoms with Crippen molar-refractivity contribution in [3.63, 3.8) is 0 Å². The number of urea groups is 2. The molecule has 2 aromatic heterocycles. The Hall–Kier alpha value is -6.64. The summed E-state index contributed by atoms with van der Waals surface area (Å²) in [6.07, 6.45) is 0. The molecule has 21 heteroatoms. The van der Waals surface area contributed by atoms with E-state index in [1.165, 1.54) is 24.3 Å². The molecule has 2 aliphatic rings. The van der Waals surface area contributed by atoms with Gasteiger partial charge in [0.2, 0.25) is 11.9 Å². The Morgan fingerprint density at radius 3 is 1.66 bits per heavy atom. The molecule has 61 heavy (non-hydrogen) atoms. The van der Waals surface area contributed by atoms with Crippen LogP contribution >= 0.6 is 11.6 Å². The number of fused-ring (bicyclic) bond motifs is 2. The van der Waals surface area contributed by atoms with Gasteiger partial charge in [0.15, 0.2) is 11.6 Å².